The van der Waals surface area contributed by atoms with E-state index >= 15 is 0 Å². The number of carbonyl (C=O) groups is 1. The molecule has 118 valence electrons. The highest BCUT2D eigenvalue weighted by Gasteiger charge is 2.26. The number of rotatable bonds is 3. The second-order valence-electron chi connectivity index (χ2n) is 6.47. The Bertz CT molecular complexity index is 574. The van der Waals surface area contributed by atoms with Crippen molar-refractivity contribution in [3.8, 4) is 6.07 Å². The summed E-state index contributed by atoms with van der Waals surface area (Å²) in [5.41, 5.74) is 0.102. The molecular weight excluding hydrogens is 280 g/mol. The van der Waals surface area contributed by atoms with Gasteiger partial charge in [-0.05, 0) is 45.2 Å². The van der Waals surface area contributed by atoms with Crippen molar-refractivity contribution in [2.24, 2.45) is 5.92 Å². The first kappa shape index (κ1) is 16.1. The minimum atomic E-state index is -0.485. The second-order valence-corrected chi connectivity index (χ2v) is 6.47. The summed E-state index contributed by atoms with van der Waals surface area (Å²) in [5.74, 6) is 1.06. The molecule has 1 amide bonds. The van der Waals surface area contributed by atoms with Gasteiger partial charge in [0.25, 0.3) is 0 Å². The fourth-order valence-electron chi connectivity index (χ4n) is 2.47. The van der Waals surface area contributed by atoms with E-state index in [9.17, 15) is 4.79 Å². The van der Waals surface area contributed by atoms with Gasteiger partial charge in [0, 0.05) is 25.8 Å². The average molecular weight is 302 g/mol. The van der Waals surface area contributed by atoms with Crippen LogP contribution in [0.15, 0.2) is 18.3 Å². The summed E-state index contributed by atoms with van der Waals surface area (Å²) in [6.07, 6.45) is 2.26. The van der Waals surface area contributed by atoms with Gasteiger partial charge in [0.15, 0.2) is 0 Å². The molecule has 1 aliphatic rings. The molecule has 0 spiro atoms. The van der Waals surface area contributed by atoms with E-state index in [-0.39, 0.29) is 6.09 Å². The number of amides is 1. The maximum absolute atomic E-state index is 11.7. The monoisotopic (exact) mass is 302 g/mol. The lowest BCUT2D eigenvalue weighted by Gasteiger charge is -2.21. The maximum atomic E-state index is 11.7. The summed E-state index contributed by atoms with van der Waals surface area (Å²) < 4.78 is 5.23. The molecule has 2 heterocycles. The number of nitriles is 1. The smallest absolute Gasteiger partial charge is 0.407 e. The maximum Gasteiger partial charge on any atom is 0.407 e. The summed E-state index contributed by atoms with van der Waals surface area (Å²) in [5, 5.41) is 11.9. The third-order valence-corrected chi connectivity index (χ3v) is 3.43. The zero-order valence-electron chi connectivity index (χ0n) is 13.3. The summed E-state index contributed by atoms with van der Waals surface area (Å²) in [4.78, 5) is 18.1. The molecule has 0 saturated carbocycles. The predicted molar refractivity (Wildman–Crippen MR) is 83.5 cm³/mol. The standard InChI is InChI=1S/C16H22N4O2/c1-16(2,3)22-15(21)19-10-12-6-8-20(11-12)14-13(9-17)5-4-7-18-14/h4-5,7,12H,6,8,10-11H2,1-3H3,(H,19,21)/t12-/m1/s1. The van der Waals surface area contributed by atoms with Crippen LogP contribution >= 0.6 is 0 Å². The number of nitrogens with one attached hydrogen (secondary N) is 1. The lowest BCUT2D eigenvalue weighted by atomic mass is 10.1. The molecule has 2 rings (SSSR count). The Balaban J connectivity index is 1.86. The number of hydrogen-bond acceptors (Lipinski definition) is 5. The topological polar surface area (TPSA) is 78.2 Å². The number of nitrogens with zero attached hydrogens (tertiary/aromatic N) is 3. The van der Waals surface area contributed by atoms with Crippen LogP contribution in [0.3, 0.4) is 0 Å². The van der Waals surface area contributed by atoms with E-state index in [2.05, 4.69) is 21.3 Å². The van der Waals surface area contributed by atoms with Crippen molar-refractivity contribution in [3.63, 3.8) is 0 Å². The first-order valence-electron chi connectivity index (χ1n) is 7.46. The quantitative estimate of drug-likeness (QED) is 0.927. The van der Waals surface area contributed by atoms with E-state index in [0.29, 0.717) is 18.0 Å². The van der Waals surface area contributed by atoms with Gasteiger partial charge in [-0.1, -0.05) is 0 Å². The fraction of sp³-hybridized carbons (Fsp3) is 0.562. The van der Waals surface area contributed by atoms with Crippen molar-refractivity contribution in [2.45, 2.75) is 32.8 Å². The summed E-state index contributed by atoms with van der Waals surface area (Å²) in [6.45, 7) is 7.71. The van der Waals surface area contributed by atoms with Crippen LogP contribution < -0.4 is 10.2 Å². The van der Waals surface area contributed by atoms with Gasteiger partial charge in [-0.2, -0.15) is 5.26 Å². The SMILES string of the molecule is CC(C)(C)OC(=O)NC[C@H]1CCN(c2ncccc2C#N)C1. The molecule has 0 bridgehead atoms. The number of carbonyl (C=O) groups excluding carboxylic acids is 1. The van der Waals surface area contributed by atoms with Crippen LogP contribution in [0.25, 0.3) is 0 Å². The van der Waals surface area contributed by atoms with Crippen LogP contribution in [0.5, 0.6) is 0 Å². The normalized spacial score (nSPS) is 17.9. The molecule has 0 radical (unpaired) electrons. The second kappa shape index (κ2) is 6.65. The molecule has 1 N–H and O–H groups in total. The van der Waals surface area contributed by atoms with Crippen molar-refractivity contribution < 1.29 is 9.53 Å². The van der Waals surface area contributed by atoms with Crippen molar-refractivity contribution in [3.05, 3.63) is 23.9 Å². The van der Waals surface area contributed by atoms with E-state index < -0.39 is 5.60 Å². The van der Waals surface area contributed by atoms with Gasteiger partial charge < -0.3 is 15.0 Å². The Labute approximate surface area is 131 Å². The van der Waals surface area contributed by atoms with E-state index in [1.807, 2.05) is 20.8 Å². The molecular formula is C16H22N4O2. The van der Waals surface area contributed by atoms with Crippen LogP contribution in [-0.2, 0) is 4.74 Å². The fourth-order valence-corrected chi connectivity index (χ4v) is 2.47. The van der Waals surface area contributed by atoms with E-state index in [0.717, 1.165) is 25.3 Å². The molecule has 6 nitrogen and oxygen atoms in total. The molecule has 6 heteroatoms. The molecule has 0 aromatic carbocycles. The van der Waals surface area contributed by atoms with Gasteiger partial charge in [0.05, 0.1) is 5.56 Å². The minimum Gasteiger partial charge on any atom is -0.444 e. The minimum absolute atomic E-state index is 0.334. The largest absolute Gasteiger partial charge is 0.444 e. The molecule has 1 atom stereocenters. The van der Waals surface area contributed by atoms with Crippen LogP contribution in [0.4, 0.5) is 10.6 Å². The van der Waals surface area contributed by atoms with Gasteiger partial charge >= 0.3 is 6.09 Å². The number of ether oxygens (including phenoxy) is 1. The molecule has 1 aromatic rings. The number of pyridine rings is 1. The molecule has 0 aliphatic carbocycles. The van der Waals surface area contributed by atoms with Gasteiger partial charge in [-0.25, -0.2) is 9.78 Å². The first-order chi connectivity index (χ1) is 10.4. The summed E-state index contributed by atoms with van der Waals surface area (Å²) in [7, 11) is 0. The van der Waals surface area contributed by atoms with Crippen LogP contribution in [0.2, 0.25) is 0 Å². The lowest BCUT2D eigenvalue weighted by Crippen LogP contribution is -2.36. The van der Waals surface area contributed by atoms with Gasteiger partial charge in [0.1, 0.15) is 17.5 Å². The van der Waals surface area contributed by atoms with Crippen molar-refractivity contribution >= 4 is 11.9 Å². The van der Waals surface area contributed by atoms with Gasteiger partial charge in [0.2, 0.25) is 0 Å². The third-order valence-electron chi connectivity index (χ3n) is 3.43. The average Bonchev–Trinajstić information content (AvgIpc) is 2.92. The Morgan fingerprint density at radius 3 is 3.05 bits per heavy atom. The van der Waals surface area contributed by atoms with Crippen molar-refractivity contribution in [2.75, 3.05) is 24.5 Å². The lowest BCUT2D eigenvalue weighted by molar-refractivity contribution is 0.0520. The zero-order valence-corrected chi connectivity index (χ0v) is 13.3. The number of anilines is 1. The Morgan fingerprint density at radius 2 is 2.36 bits per heavy atom. The summed E-state index contributed by atoms with van der Waals surface area (Å²) in [6, 6.07) is 5.71. The predicted octanol–water partition coefficient (Wildman–Crippen LogP) is 2.30. The van der Waals surface area contributed by atoms with Crippen LogP contribution in [0, 0.1) is 17.2 Å². The van der Waals surface area contributed by atoms with E-state index in [1.165, 1.54) is 0 Å². The number of alkyl carbamates (subject to hydrolysis) is 1. The highest BCUT2D eigenvalue weighted by Crippen LogP contribution is 2.24. The molecule has 1 aliphatic heterocycles. The van der Waals surface area contributed by atoms with E-state index in [1.54, 1.807) is 18.3 Å². The molecule has 22 heavy (non-hydrogen) atoms. The molecule has 1 aromatic heterocycles. The van der Waals surface area contributed by atoms with Gasteiger partial charge in [-0.15, -0.1) is 0 Å². The Kier molecular flexibility index (Phi) is 4.86. The van der Waals surface area contributed by atoms with Crippen LogP contribution in [-0.4, -0.2) is 36.3 Å². The summed E-state index contributed by atoms with van der Waals surface area (Å²) >= 11 is 0. The zero-order chi connectivity index (χ0) is 16.2. The van der Waals surface area contributed by atoms with Gasteiger partial charge in [-0.3, -0.25) is 0 Å². The highest BCUT2D eigenvalue weighted by molar-refractivity contribution is 5.67. The van der Waals surface area contributed by atoms with Crippen molar-refractivity contribution in [1.29, 1.82) is 5.26 Å². The third kappa shape index (κ3) is 4.35. The van der Waals surface area contributed by atoms with Crippen LogP contribution in [0.1, 0.15) is 32.8 Å². The molecule has 1 fully saturated rings. The van der Waals surface area contributed by atoms with Crippen molar-refractivity contribution in [1.82, 2.24) is 10.3 Å². The first-order valence-corrected chi connectivity index (χ1v) is 7.46. The molecule has 1 saturated heterocycles. The highest BCUT2D eigenvalue weighted by atomic mass is 16.6. The Morgan fingerprint density at radius 1 is 1.59 bits per heavy atom. The van der Waals surface area contributed by atoms with E-state index in [4.69, 9.17) is 10.00 Å². The Hall–Kier alpha value is -2.29. The number of aromatic nitrogens is 1. The number of hydrogen-bond donors (Lipinski definition) is 1. The molecule has 0 unspecified atom stereocenters.